The predicted molar refractivity (Wildman–Crippen MR) is 208 cm³/mol. The number of hydrogen-bond acceptors (Lipinski definition) is 6. The number of unbranched alkanes of at least 4 members (excludes halogenated alkanes) is 22. The van der Waals surface area contributed by atoms with Gasteiger partial charge in [0.15, 0.2) is 0 Å². The Morgan fingerprint density at radius 1 is 0.560 bits per heavy atom. The summed E-state index contributed by atoms with van der Waals surface area (Å²) in [5, 5.41) is 9.31. The fourth-order valence-corrected chi connectivity index (χ4v) is 6.72. The van der Waals surface area contributed by atoms with Crippen molar-refractivity contribution in [2.75, 3.05) is 13.2 Å². The van der Waals surface area contributed by atoms with Crippen LogP contribution in [-0.2, 0) is 24.2 Å². The summed E-state index contributed by atoms with van der Waals surface area (Å²) in [5.74, 6) is -0.509. The molecule has 50 heavy (non-hydrogen) atoms. The van der Waals surface area contributed by atoms with E-state index in [9.17, 15) is 23.1 Å². The molecule has 8 nitrogen and oxygen atoms in total. The Kier molecular flexibility index (Phi) is 34.7. The highest BCUT2D eigenvalue weighted by Crippen LogP contribution is 2.16. The molecule has 0 fully saturated rings. The van der Waals surface area contributed by atoms with Gasteiger partial charge in [-0.05, 0) is 77.0 Å². The summed E-state index contributed by atoms with van der Waals surface area (Å²) in [6, 6.07) is 0. The SMILES string of the molecule is CCCCCCCC/C=C\CCCCCCCC(=O)N(CCC(CCO)OS(=O)(=O)O)C(=O)CCCCCCC/C=C\CCCCCCCC. The molecule has 0 aromatic carbocycles. The summed E-state index contributed by atoms with van der Waals surface area (Å²) in [5.41, 5.74) is 0. The van der Waals surface area contributed by atoms with Gasteiger partial charge in [0, 0.05) is 26.0 Å². The number of imide groups is 1. The third-order valence-corrected chi connectivity index (χ3v) is 9.81. The van der Waals surface area contributed by atoms with Crippen molar-refractivity contribution in [1.82, 2.24) is 4.90 Å². The van der Waals surface area contributed by atoms with Crippen LogP contribution in [-0.4, -0.2) is 54.0 Å². The van der Waals surface area contributed by atoms with Crippen molar-refractivity contribution in [2.45, 2.75) is 213 Å². The zero-order chi connectivity index (χ0) is 37.0. The molecule has 0 aliphatic carbocycles. The van der Waals surface area contributed by atoms with Gasteiger partial charge in [0.1, 0.15) is 0 Å². The minimum Gasteiger partial charge on any atom is -0.396 e. The lowest BCUT2D eigenvalue weighted by Crippen LogP contribution is -2.39. The van der Waals surface area contributed by atoms with E-state index in [0.717, 1.165) is 64.2 Å². The van der Waals surface area contributed by atoms with Crippen LogP contribution in [0.5, 0.6) is 0 Å². The molecule has 0 radical (unpaired) electrons. The van der Waals surface area contributed by atoms with E-state index >= 15 is 0 Å². The van der Waals surface area contributed by atoms with Gasteiger partial charge in [-0.3, -0.25) is 19.0 Å². The maximum atomic E-state index is 13.2. The van der Waals surface area contributed by atoms with E-state index in [4.69, 9.17) is 4.55 Å². The quantitative estimate of drug-likeness (QED) is 0.0371. The molecule has 1 unspecified atom stereocenters. The minimum atomic E-state index is -4.72. The van der Waals surface area contributed by atoms with Crippen molar-refractivity contribution in [1.29, 1.82) is 0 Å². The lowest BCUT2D eigenvalue weighted by Gasteiger charge is -2.23. The van der Waals surface area contributed by atoms with Crippen molar-refractivity contribution >= 4 is 22.2 Å². The van der Waals surface area contributed by atoms with Gasteiger partial charge in [-0.15, -0.1) is 0 Å². The van der Waals surface area contributed by atoms with E-state index in [2.05, 4.69) is 42.3 Å². The number of allylic oxidation sites excluding steroid dienone is 4. The van der Waals surface area contributed by atoms with Crippen molar-refractivity contribution in [3.05, 3.63) is 24.3 Å². The molecule has 2 N–H and O–H groups in total. The van der Waals surface area contributed by atoms with E-state index in [1.165, 1.54) is 94.8 Å². The van der Waals surface area contributed by atoms with Gasteiger partial charge in [-0.25, -0.2) is 4.18 Å². The Morgan fingerprint density at radius 3 is 1.24 bits per heavy atom. The third-order valence-electron chi connectivity index (χ3n) is 9.29. The fourth-order valence-electron chi connectivity index (χ4n) is 6.18. The summed E-state index contributed by atoms with van der Waals surface area (Å²) in [7, 11) is -4.72. The average molecular weight is 728 g/mol. The largest absolute Gasteiger partial charge is 0.397 e. The number of aliphatic hydroxyl groups is 1. The molecule has 0 aromatic heterocycles. The molecule has 0 bridgehead atoms. The third kappa shape index (κ3) is 33.6. The number of carbonyl (C=O) groups excluding carboxylic acids is 2. The van der Waals surface area contributed by atoms with Gasteiger partial charge in [0.25, 0.3) is 0 Å². The Balaban J connectivity index is 4.46. The van der Waals surface area contributed by atoms with Crippen LogP contribution in [0.15, 0.2) is 24.3 Å². The second kappa shape index (κ2) is 35.8. The first kappa shape index (κ1) is 48.5. The van der Waals surface area contributed by atoms with Crippen LogP contribution >= 0.6 is 0 Å². The number of carbonyl (C=O) groups is 2. The molecule has 0 heterocycles. The fraction of sp³-hybridized carbons (Fsp3) is 0.854. The summed E-state index contributed by atoms with van der Waals surface area (Å²) < 4.78 is 36.3. The highest BCUT2D eigenvalue weighted by molar-refractivity contribution is 7.80. The Morgan fingerprint density at radius 2 is 0.900 bits per heavy atom. The molecule has 294 valence electrons. The number of hydrogen-bond donors (Lipinski definition) is 2. The van der Waals surface area contributed by atoms with E-state index in [0.29, 0.717) is 12.8 Å². The summed E-state index contributed by atoms with van der Waals surface area (Å²) >= 11 is 0. The van der Waals surface area contributed by atoms with Crippen LogP contribution in [0.25, 0.3) is 0 Å². The molecule has 2 amide bonds. The maximum absolute atomic E-state index is 13.2. The zero-order valence-corrected chi connectivity index (χ0v) is 33.1. The van der Waals surface area contributed by atoms with Crippen LogP contribution in [0.1, 0.15) is 206 Å². The van der Waals surface area contributed by atoms with E-state index in [1.54, 1.807) is 0 Å². The molecular formula is C41H77NO7S. The standard InChI is InChI=1S/C41H77NO7S/c1-3-5-7-9-11-13-15-17-19-21-23-25-27-29-31-33-40(44)42(37-35-39(36-38-43)49-50(46,47)48)41(45)34-32-30-28-26-24-22-20-18-16-14-12-10-8-6-4-2/h17-20,39,43H,3-16,21-38H2,1-2H3,(H,46,47,48)/b19-17-,20-18-. The van der Waals surface area contributed by atoms with E-state index in [-0.39, 0.29) is 50.6 Å². The van der Waals surface area contributed by atoms with Gasteiger partial charge in [0.2, 0.25) is 11.8 Å². The number of rotatable bonds is 37. The van der Waals surface area contributed by atoms with Crippen molar-refractivity contribution in [2.24, 2.45) is 0 Å². The normalized spacial score (nSPS) is 12.7. The second-order valence-electron chi connectivity index (χ2n) is 14.1. The van der Waals surface area contributed by atoms with Crippen LogP contribution in [0.3, 0.4) is 0 Å². The molecule has 0 aliphatic heterocycles. The number of aliphatic hydroxyl groups excluding tert-OH is 1. The summed E-state index contributed by atoms with van der Waals surface area (Å²) in [6.45, 7) is 4.14. The monoisotopic (exact) mass is 728 g/mol. The van der Waals surface area contributed by atoms with Crippen molar-refractivity contribution < 1.29 is 31.8 Å². The lowest BCUT2D eigenvalue weighted by atomic mass is 10.1. The van der Waals surface area contributed by atoms with Gasteiger partial charge in [-0.1, -0.05) is 141 Å². The Bertz CT molecular complexity index is 899. The second-order valence-corrected chi connectivity index (χ2v) is 15.1. The predicted octanol–water partition coefficient (Wildman–Crippen LogP) is 11.4. The number of amides is 2. The molecule has 9 heteroatoms. The van der Waals surface area contributed by atoms with Crippen LogP contribution in [0.2, 0.25) is 0 Å². The Hall–Kier alpha value is -1.55. The van der Waals surface area contributed by atoms with Gasteiger partial charge < -0.3 is 5.11 Å². The van der Waals surface area contributed by atoms with Gasteiger partial charge in [-0.2, -0.15) is 8.42 Å². The van der Waals surface area contributed by atoms with Crippen LogP contribution in [0.4, 0.5) is 0 Å². The first-order valence-corrected chi connectivity index (χ1v) is 22.0. The first-order chi connectivity index (χ1) is 24.2. The van der Waals surface area contributed by atoms with E-state index in [1.807, 2.05) is 0 Å². The van der Waals surface area contributed by atoms with Gasteiger partial charge in [0.05, 0.1) is 6.10 Å². The zero-order valence-electron chi connectivity index (χ0n) is 32.3. The van der Waals surface area contributed by atoms with Gasteiger partial charge >= 0.3 is 10.4 Å². The summed E-state index contributed by atoms with van der Waals surface area (Å²) in [4.78, 5) is 27.6. The van der Waals surface area contributed by atoms with Crippen LogP contribution in [0, 0.1) is 0 Å². The summed E-state index contributed by atoms with van der Waals surface area (Å²) in [6.07, 6.45) is 39.0. The average Bonchev–Trinajstić information content (AvgIpc) is 3.07. The highest BCUT2D eigenvalue weighted by atomic mass is 32.3. The molecule has 0 spiro atoms. The smallest absolute Gasteiger partial charge is 0.396 e. The molecule has 1 atom stereocenters. The van der Waals surface area contributed by atoms with Crippen LogP contribution < -0.4 is 0 Å². The Labute approximate surface area is 308 Å². The van der Waals surface area contributed by atoms with Crippen molar-refractivity contribution in [3.8, 4) is 0 Å². The highest BCUT2D eigenvalue weighted by Gasteiger charge is 2.24. The first-order valence-electron chi connectivity index (χ1n) is 20.6. The molecule has 0 saturated carbocycles. The molecule has 0 aromatic rings. The molecule has 0 saturated heterocycles. The molecule has 0 aliphatic rings. The van der Waals surface area contributed by atoms with E-state index < -0.39 is 16.5 Å². The van der Waals surface area contributed by atoms with Crippen molar-refractivity contribution in [3.63, 3.8) is 0 Å². The minimum absolute atomic E-state index is 0.00595. The lowest BCUT2D eigenvalue weighted by molar-refractivity contribution is -0.145. The maximum Gasteiger partial charge on any atom is 0.397 e. The topological polar surface area (TPSA) is 121 Å². The molecule has 0 rings (SSSR count). The number of nitrogens with zero attached hydrogens (tertiary/aromatic N) is 1. The molecular weight excluding hydrogens is 651 g/mol.